The Morgan fingerprint density at radius 2 is 1.81 bits per heavy atom. The van der Waals surface area contributed by atoms with Gasteiger partial charge in [0.05, 0.1) is 5.52 Å². The summed E-state index contributed by atoms with van der Waals surface area (Å²) in [5, 5.41) is 12.1. The molecular formula is C19H17AcN6S-. The largest absolute Gasteiger partial charge is 0.699 e. The monoisotopic (exact) mass is 588 g/mol. The number of hydrogen-bond donors (Lipinski definition) is 2. The predicted molar refractivity (Wildman–Crippen MR) is 105 cm³/mol. The fraction of sp³-hybridized carbons (Fsp3) is 0.105. The maximum absolute atomic E-state index is 7.61. The number of fused-ring (bicyclic) bond motifs is 1. The standard InChI is InChI=1S/C19H17N6S.Ac/c1-11-4-3-5-15-17(11)22-19(26-14-8-6-13(20)7-9-14)23-18(15)21-16-10-12(2)24-25-16;/h3-10,20H,1-2H3,(H2,21,22,23,24,25);/q-1;. The summed E-state index contributed by atoms with van der Waals surface area (Å²) in [5.41, 5.74) is 11.1. The van der Waals surface area contributed by atoms with Crippen molar-refractivity contribution in [2.45, 2.75) is 23.9 Å². The SMILES string of the molecule is Cc1cc(Nc2nc(Sc3ccc([NH-])cc3)nc3c(C)cccc23)n[nH]1.[Ac]. The molecule has 8 heteroatoms. The number of anilines is 2. The van der Waals surface area contributed by atoms with Gasteiger partial charge in [0, 0.05) is 66.1 Å². The summed E-state index contributed by atoms with van der Waals surface area (Å²) in [7, 11) is 0. The number of H-pyrrole nitrogens is 1. The molecule has 0 fully saturated rings. The second kappa shape index (κ2) is 8.59. The Morgan fingerprint density at radius 3 is 2.52 bits per heavy atom. The maximum atomic E-state index is 7.61. The van der Waals surface area contributed by atoms with E-state index in [1.54, 1.807) is 12.1 Å². The van der Waals surface area contributed by atoms with Gasteiger partial charge in [-0.2, -0.15) is 5.10 Å². The van der Waals surface area contributed by atoms with E-state index in [2.05, 4.69) is 15.5 Å². The Bertz CT molecular complexity index is 1080. The van der Waals surface area contributed by atoms with Crippen molar-refractivity contribution in [1.82, 2.24) is 20.2 Å². The summed E-state index contributed by atoms with van der Waals surface area (Å²) < 4.78 is 0. The molecule has 0 bridgehead atoms. The van der Waals surface area contributed by atoms with Gasteiger partial charge in [0.15, 0.2) is 11.0 Å². The number of benzene rings is 2. The van der Waals surface area contributed by atoms with Gasteiger partial charge in [0.1, 0.15) is 5.82 Å². The molecule has 2 aromatic heterocycles. The van der Waals surface area contributed by atoms with Gasteiger partial charge in [0.25, 0.3) is 0 Å². The zero-order chi connectivity index (χ0) is 18.1. The van der Waals surface area contributed by atoms with Crippen LogP contribution >= 0.6 is 11.8 Å². The summed E-state index contributed by atoms with van der Waals surface area (Å²) in [4.78, 5) is 10.4. The number of aromatic nitrogens is 4. The molecule has 4 aromatic rings. The summed E-state index contributed by atoms with van der Waals surface area (Å²) >= 11 is 1.48. The van der Waals surface area contributed by atoms with Gasteiger partial charge in [-0.05, 0) is 49.4 Å². The van der Waals surface area contributed by atoms with E-state index in [9.17, 15) is 0 Å². The molecule has 0 aliphatic rings. The number of hydrogen-bond acceptors (Lipinski definition) is 5. The van der Waals surface area contributed by atoms with Crippen LogP contribution in [0.15, 0.2) is 58.6 Å². The van der Waals surface area contributed by atoms with Gasteiger partial charge < -0.3 is 11.1 Å². The molecule has 4 rings (SSSR count). The van der Waals surface area contributed by atoms with Gasteiger partial charge in [-0.25, -0.2) is 9.97 Å². The number of aromatic amines is 1. The summed E-state index contributed by atoms with van der Waals surface area (Å²) in [6, 6.07) is 15.3. The Hall–Kier alpha value is -1.62. The first-order valence-corrected chi connectivity index (χ1v) is 8.96. The van der Waals surface area contributed by atoms with Crippen molar-refractivity contribution >= 4 is 40.0 Å². The molecule has 0 unspecified atom stereocenters. The Balaban J connectivity index is 0.00000210. The minimum Gasteiger partial charge on any atom is -0.699 e. The molecule has 0 atom stereocenters. The topological polar surface area (TPSA) is 90.3 Å². The van der Waals surface area contributed by atoms with Gasteiger partial charge in [-0.15, -0.1) is 5.69 Å². The molecule has 0 amide bonds. The molecule has 0 saturated carbocycles. The van der Waals surface area contributed by atoms with Crippen molar-refractivity contribution in [3.63, 3.8) is 0 Å². The molecule has 0 saturated heterocycles. The molecule has 2 heterocycles. The van der Waals surface area contributed by atoms with E-state index in [0.29, 0.717) is 10.8 Å². The Morgan fingerprint density at radius 1 is 1.04 bits per heavy atom. The average Bonchev–Trinajstić information content (AvgIpc) is 3.03. The molecular weight excluding hydrogens is 571 g/mol. The van der Waals surface area contributed by atoms with Gasteiger partial charge >= 0.3 is 0 Å². The van der Waals surface area contributed by atoms with E-state index in [0.717, 1.165) is 38.7 Å². The van der Waals surface area contributed by atoms with Crippen LogP contribution in [0.2, 0.25) is 0 Å². The maximum Gasteiger partial charge on any atom is 0.195 e. The quantitative estimate of drug-likeness (QED) is 0.306. The average molecular weight is 588 g/mol. The molecule has 1 radical (unpaired) electrons. The second-order valence-corrected chi connectivity index (χ2v) is 7.05. The number of para-hydroxylation sites is 1. The molecule has 0 aliphatic carbocycles. The van der Waals surface area contributed by atoms with Crippen molar-refractivity contribution in [2.24, 2.45) is 0 Å². The Labute approximate surface area is 197 Å². The minimum atomic E-state index is 0. The van der Waals surface area contributed by atoms with E-state index in [1.807, 2.05) is 50.2 Å². The van der Waals surface area contributed by atoms with Gasteiger partial charge in [0.2, 0.25) is 0 Å². The predicted octanol–water partition coefficient (Wildman–Crippen LogP) is 5.55. The Kier molecular flexibility index (Phi) is 6.41. The van der Waals surface area contributed by atoms with Crippen molar-refractivity contribution in [3.8, 4) is 0 Å². The van der Waals surface area contributed by atoms with Gasteiger partial charge in [-0.1, -0.05) is 24.3 Å². The zero-order valence-corrected chi connectivity index (χ0v) is 20.5. The fourth-order valence-corrected chi connectivity index (χ4v) is 3.40. The molecule has 0 spiro atoms. The third-order valence-electron chi connectivity index (χ3n) is 3.92. The number of rotatable bonds is 4. The first-order valence-electron chi connectivity index (χ1n) is 8.14. The van der Waals surface area contributed by atoms with E-state index in [-0.39, 0.29) is 44.1 Å². The van der Waals surface area contributed by atoms with Crippen molar-refractivity contribution in [3.05, 3.63) is 65.5 Å². The minimum absolute atomic E-state index is 0. The third-order valence-corrected chi connectivity index (χ3v) is 4.80. The van der Waals surface area contributed by atoms with Crippen LogP contribution in [-0.2, 0) is 0 Å². The molecule has 6 nitrogen and oxygen atoms in total. The van der Waals surface area contributed by atoms with Crippen LogP contribution in [0.3, 0.4) is 0 Å². The van der Waals surface area contributed by atoms with Crippen LogP contribution in [0.1, 0.15) is 11.3 Å². The number of nitrogens with one attached hydrogen (secondary N) is 3. The van der Waals surface area contributed by atoms with Crippen molar-refractivity contribution < 1.29 is 44.1 Å². The van der Waals surface area contributed by atoms with Crippen LogP contribution in [0.25, 0.3) is 16.6 Å². The van der Waals surface area contributed by atoms with Crippen LogP contribution in [0.5, 0.6) is 0 Å². The molecule has 2 aromatic carbocycles. The van der Waals surface area contributed by atoms with E-state index < -0.39 is 0 Å². The van der Waals surface area contributed by atoms with Crippen LogP contribution in [-0.4, -0.2) is 20.2 Å². The van der Waals surface area contributed by atoms with E-state index in [1.165, 1.54) is 11.8 Å². The van der Waals surface area contributed by atoms with Crippen LogP contribution in [0.4, 0.5) is 17.3 Å². The van der Waals surface area contributed by atoms with E-state index >= 15 is 0 Å². The van der Waals surface area contributed by atoms with Crippen molar-refractivity contribution in [1.29, 1.82) is 0 Å². The van der Waals surface area contributed by atoms with Crippen LogP contribution in [0, 0.1) is 57.9 Å². The molecule has 133 valence electrons. The summed E-state index contributed by atoms with van der Waals surface area (Å²) in [6.07, 6.45) is 0. The van der Waals surface area contributed by atoms with E-state index in [4.69, 9.17) is 15.7 Å². The van der Waals surface area contributed by atoms with Crippen molar-refractivity contribution in [2.75, 3.05) is 5.32 Å². The first kappa shape index (κ1) is 20.1. The zero-order valence-electron chi connectivity index (χ0n) is 14.9. The molecule has 3 N–H and O–H groups in total. The normalized spacial score (nSPS) is 10.6. The summed E-state index contributed by atoms with van der Waals surface area (Å²) in [5.74, 6) is 1.45. The molecule has 27 heavy (non-hydrogen) atoms. The summed E-state index contributed by atoms with van der Waals surface area (Å²) in [6.45, 7) is 4.00. The third kappa shape index (κ3) is 4.63. The smallest absolute Gasteiger partial charge is 0.195 e. The van der Waals surface area contributed by atoms with Crippen LogP contribution < -0.4 is 5.32 Å². The molecule has 0 aliphatic heterocycles. The number of nitrogens with zero attached hydrogens (tertiary/aromatic N) is 3. The number of aryl methyl sites for hydroxylation is 2. The van der Waals surface area contributed by atoms with Gasteiger partial charge in [-0.3, -0.25) is 5.10 Å². The fourth-order valence-electron chi connectivity index (χ4n) is 2.65. The first-order chi connectivity index (χ1) is 12.6. The second-order valence-electron chi connectivity index (χ2n) is 6.01.